The van der Waals surface area contributed by atoms with Crippen LogP contribution in [0.3, 0.4) is 0 Å². The van der Waals surface area contributed by atoms with Gasteiger partial charge in [0.25, 0.3) is 0 Å². The highest BCUT2D eigenvalue weighted by atomic mass is 32.2. The van der Waals surface area contributed by atoms with Crippen molar-refractivity contribution < 1.29 is 17.9 Å². The van der Waals surface area contributed by atoms with E-state index in [0.29, 0.717) is 0 Å². The first-order valence-corrected chi connectivity index (χ1v) is 11.4. The van der Waals surface area contributed by atoms with Gasteiger partial charge in [-0.25, -0.2) is 18.4 Å². The van der Waals surface area contributed by atoms with Gasteiger partial charge in [-0.05, 0) is 39.9 Å². The molecule has 3 N–H and O–H groups in total. The van der Waals surface area contributed by atoms with Crippen molar-refractivity contribution in [3.8, 4) is 11.1 Å². The molecule has 0 bridgehead atoms. The number of primary sulfonamides is 1. The lowest BCUT2D eigenvalue weighted by Crippen LogP contribution is -2.26. The van der Waals surface area contributed by atoms with Crippen LogP contribution in [0.1, 0.15) is 22.6 Å². The van der Waals surface area contributed by atoms with Crippen molar-refractivity contribution in [3.63, 3.8) is 0 Å². The Morgan fingerprint density at radius 3 is 2.10 bits per heavy atom. The van der Waals surface area contributed by atoms with Crippen LogP contribution in [0.5, 0.6) is 0 Å². The molecule has 0 saturated carbocycles. The topological polar surface area (TPSA) is 98.5 Å². The Balaban J connectivity index is 1.31. The fraction of sp³-hybridized carbons (Fsp3) is 0.125. The average Bonchev–Trinajstić information content (AvgIpc) is 3.09. The standard InChI is InChI=1S/C24H22N2O4S/c25-31(28,29)18-13-11-17(12-14-18)6-5-15-26-24(27)30-16-23-21-9-3-1-7-19(21)20-8-2-4-10-22(20)23/h1-14,23H,15-16H2,(H,26,27)(H2,25,28,29). The summed E-state index contributed by atoms with van der Waals surface area (Å²) in [6.07, 6.45) is 3.04. The van der Waals surface area contributed by atoms with Gasteiger partial charge < -0.3 is 10.1 Å². The summed E-state index contributed by atoms with van der Waals surface area (Å²) in [5, 5.41) is 7.78. The molecule has 0 atom stereocenters. The molecule has 7 heteroatoms. The van der Waals surface area contributed by atoms with Crippen LogP contribution >= 0.6 is 0 Å². The smallest absolute Gasteiger partial charge is 0.407 e. The van der Waals surface area contributed by atoms with E-state index in [-0.39, 0.29) is 24.0 Å². The molecular weight excluding hydrogens is 412 g/mol. The Hall–Kier alpha value is -3.42. The number of alkyl carbamates (subject to hydrolysis) is 1. The second-order valence-corrected chi connectivity index (χ2v) is 8.78. The Kier molecular flexibility index (Phi) is 5.88. The molecule has 0 aliphatic heterocycles. The van der Waals surface area contributed by atoms with Crippen LogP contribution in [0.15, 0.2) is 83.8 Å². The van der Waals surface area contributed by atoms with Gasteiger partial charge in [0.2, 0.25) is 10.0 Å². The van der Waals surface area contributed by atoms with Gasteiger partial charge in [-0.15, -0.1) is 0 Å². The molecule has 158 valence electrons. The SMILES string of the molecule is NS(=O)(=O)c1ccc(C=CCNC(=O)OCC2c3ccccc3-c3ccccc32)cc1. The van der Waals surface area contributed by atoms with Crippen LogP contribution < -0.4 is 10.5 Å². The summed E-state index contributed by atoms with van der Waals surface area (Å²) in [7, 11) is -3.70. The molecule has 3 aromatic carbocycles. The summed E-state index contributed by atoms with van der Waals surface area (Å²) in [6.45, 7) is 0.548. The molecule has 1 aliphatic rings. The summed E-state index contributed by atoms with van der Waals surface area (Å²) in [5.41, 5.74) is 5.49. The molecule has 4 rings (SSSR count). The number of sulfonamides is 1. The van der Waals surface area contributed by atoms with Crippen molar-refractivity contribution >= 4 is 22.2 Å². The highest BCUT2D eigenvalue weighted by Gasteiger charge is 2.28. The van der Waals surface area contributed by atoms with Gasteiger partial charge in [-0.1, -0.05) is 72.8 Å². The minimum Gasteiger partial charge on any atom is -0.449 e. The maximum atomic E-state index is 12.1. The predicted molar refractivity (Wildman–Crippen MR) is 120 cm³/mol. The van der Waals surface area contributed by atoms with Crippen LogP contribution in [0.4, 0.5) is 4.79 Å². The van der Waals surface area contributed by atoms with Crippen LogP contribution in [0.2, 0.25) is 0 Å². The van der Waals surface area contributed by atoms with Gasteiger partial charge in [0, 0.05) is 12.5 Å². The van der Waals surface area contributed by atoms with Crippen LogP contribution in [0.25, 0.3) is 17.2 Å². The van der Waals surface area contributed by atoms with Gasteiger partial charge in [-0.2, -0.15) is 0 Å². The summed E-state index contributed by atoms with van der Waals surface area (Å²) >= 11 is 0. The number of carbonyl (C=O) groups is 1. The van der Waals surface area contributed by atoms with Gasteiger partial charge in [0.1, 0.15) is 6.61 Å². The fourth-order valence-corrected chi connectivity index (χ4v) is 4.27. The first-order chi connectivity index (χ1) is 14.9. The Morgan fingerprint density at radius 2 is 1.52 bits per heavy atom. The molecule has 1 aliphatic carbocycles. The number of rotatable bonds is 6. The van der Waals surface area contributed by atoms with Gasteiger partial charge in [-0.3, -0.25) is 0 Å². The highest BCUT2D eigenvalue weighted by Crippen LogP contribution is 2.44. The fourth-order valence-electron chi connectivity index (χ4n) is 3.76. The minimum absolute atomic E-state index is 0.0195. The molecule has 0 radical (unpaired) electrons. The van der Waals surface area contributed by atoms with E-state index in [1.807, 2.05) is 24.3 Å². The maximum absolute atomic E-state index is 12.1. The van der Waals surface area contributed by atoms with Crippen molar-refractivity contribution in [1.29, 1.82) is 0 Å². The van der Waals surface area contributed by atoms with E-state index in [0.717, 1.165) is 5.56 Å². The van der Waals surface area contributed by atoms with E-state index in [9.17, 15) is 13.2 Å². The van der Waals surface area contributed by atoms with E-state index >= 15 is 0 Å². The van der Waals surface area contributed by atoms with Crippen LogP contribution in [-0.4, -0.2) is 27.7 Å². The summed E-state index contributed by atoms with van der Waals surface area (Å²) in [5.74, 6) is 0.0195. The molecular formula is C24H22N2O4S. The molecule has 6 nitrogen and oxygen atoms in total. The highest BCUT2D eigenvalue weighted by molar-refractivity contribution is 7.89. The zero-order valence-corrected chi connectivity index (χ0v) is 17.5. The van der Waals surface area contributed by atoms with E-state index in [1.54, 1.807) is 24.3 Å². The number of nitrogens with two attached hydrogens (primary N) is 1. The van der Waals surface area contributed by atoms with Crippen molar-refractivity contribution in [1.82, 2.24) is 5.32 Å². The van der Waals surface area contributed by atoms with E-state index < -0.39 is 16.1 Å². The van der Waals surface area contributed by atoms with Crippen molar-refractivity contribution in [3.05, 3.63) is 95.6 Å². The number of fused-ring (bicyclic) bond motifs is 3. The number of nitrogens with one attached hydrogen (secondary N) is 1. The molecule has 0 fully saturated rings. The van der Waals surface area contributed by atoms with E-state index in [4.69, 9.17) is 9.88 Å². The summed E-state index contributed by atoms with van der Waals surface area (Å²) in [6, 6.07) is 22.5. The molecule has 0 heterocycles. The third-order valence-electron chi connectivity index (χ3n) is 5.23. The van der Waals surface area contributed by atoms with Crippen molar-refractivity contribution in [2.45, 2.75) is 10.8 Å². The molecule has 31 heavy (non-hydrogen) atoms. The lowest BCUT2D eigenvalue weighted by atomic mass is 9.98. The van der Waals surface area contributed by atoms with Crippen LogP contribution in [0, 0.1) is 0 Å². The number of hydrogen-bond acceptors (Lipinski definition) is 4. The van der Waals surface area contributed by atoms with E-state index in [2.05, 4.69) is 29.6 Å². The number of benzene rings is 3. The second-order valence-electron chi connectivity index (χ2n) is 7.22. The zero-order valence-electron chi connectivity index (χ0n) is 16.7. The monoisotopic (exact) mass is 434 g/mol. The first kappa shape index (κ1) is 20.8. The Labute approximate surface area is 181 Å². The predicted octanol–water partition coefficient (Wildman–Crippen LogP) is 3.89. The number of hydrogen-bond donors (Lipinski definition) is 2. The lowest BCUT2D eigenvalue weighted by molar-refractivity contribution is 0.144. The molecule has 3 aromatic rings. The number of amides is 1. The maximum Gasteiger partial charge on any atom is 0.407 e. The zero-order chi connectivity index (χ0) is 21.8. The van der Waals surface area contributed by atoms with Gasteiger partial charge in [0.05, 0.1) is 4.90 Å². The number of carbonyl (C=O) groups excluding carboxylic acids is 1. The normalized spacial score (nSPS) is 13.1. The van der Waals surface area contributed by atoms with Crippen molar-refractivity contribution in [2.75, 3.05) is 13.2 Å². The number of ether oxygens (including phenoxy) is 1. The molecule has 1 amide bonds. The Morgan fingerprint density at radius 1 is 0.935 bits per heavy atom. The quantitative estimate of drug-likeness (QED) is 0.615. The summed E-state index contributed by atoms with van der Waals surface area (Å²) < 4.78 is 28.0. The average molecular weight is 435 g/mol. The first-order valence-electron chi connectivity index (χ1n) is 9.82. The van der Waals surface area contributed by atoms with Crippen LogP contribution in [-0.2, 0) is 14.8 Å². The minimum atomic E-state index is -3.70. The lowest BCUT2D eigenvalue weighted by Gasteiger charge is -2.14. The largest absolute Gasteiger partial charge is 0.449 e. The van der Waals surface area contributed by atoms with Gasteiger partial charge >= 0.3 is 6.09 Å². The summed E-state index contributed by atoms with van der Waals surface area (Å²) in [4.78, 5) is 12.2. The van der Waals surface area contributed by atoms with Gasteiger partial charge in [0.15, 0.2) is 0 Å². The molecule has 0 saturated heterocycles. The third-order valence-corrected chi connectivity index (χ3v) is 6.16. The molecule has 0 aromatic heterocycles. The van der Waals surface area contributed by atoms with E-state index in [1.165, 1.54) is 34.4 Å². The third kappa shape index (κ3) is 4.68. The molecule has 0 unspecified atom stereocenters. The Bertz CT molecular complexity index is 1190. The van der Waals surface area contributed by atoms with Crippen molar-refractivity contribution in [2.24, 2.45) is 5.14 Å². The molecule has 0 spiro atoms. The second kappa shape index (κ2) is 8.75.